The van der Waals surface area contributed by atoms with Gasteiger partial charge in [-0.1, -0.05) is 12.1 Å². The van der Waals surface area contributed by atoms with Crippen molar-refractivity contribution in [2.45, 2.75) is 0 Å². The first-order chi connectivity index (χ1) is 9.38. The zero-order valence-corrected chi connectivity index (χ0v) is 11.0. The summed E-state index contributed by atoms with van der Waals surface area (Å²) in [5.41, 5.74) is 0.600. The van der Waals surface area contributed by atoms with Crippen LogP contribution in [0, 0.1) is 5.82 Å². The lowest BCUT2D eigenvalue weighted by molar-refractivity contribution is 0.0125. The molecule has 4 nitrogen and oxygen atoms in total. The molecule has 0 atom stereocenters. The molecule has 1 aliphatic rings. The van der Waals surface area contributed by atoms with Crippen LogP contribution in [0.3, 0.4) is 0 Å². The Kier molecular flexibility index (Phi) is 6.07. The number of anilines is 1. The van der Waals surface area contributed by atoms with Crippen molar-refractivity contribution in [2.75, 3.05) is 57.6 Å². The predicted octanol–water partition coefficient (Wildman–Crippen LogP) is 1.70. The lowest BCUT2D eigenvalue weighted by Gasteiger charge is -2.25. The molecule has 0 spiro atoms. The van der Waals surface area contributed by atoms with Gasteiger partial charge in [-0.2, -0.15) is 0 Å². The SMILES string of the molecule is Fc1ccccc1N1CCOCCOCCOCC1. The Morgan fingerprint density at radius 2 is 1.32 bits per heavy atom. The Labute approximate surface area is 113 Å². The highest BCUT2D eigenvalue weighted by Gasteiger charge is 2.11. The Morgan fingerprint density at radius 1 is 0.789 bits per heavy atom. The van der Waals surface area contributed by atoms with Crippen LogP contribution in [0.2, 0.25) is 0 Å². The van der Waals surface area contributed by atoms with E-state index in [0.29, 0.717) is 58.4 Å². The first-order valence-electron chi connectivity index (χ1n) is 6.60. The summed E-state index contributed by atoms with van der Waals surface area (Å²) in [6, 6.07) is 6.79. The third-order valence-corrected chi connectivity index (χ3v) is 2.95. The molecule has 0 bridgehead atoms. The van der Waals surface area contributed by atoms with E-state index in [2.05, 4.69) is 0 Å². The molecule has 1 saturated heterocycles. The van der Waals surface area contributed by atoms with E-state index in [1.807, 2.05) is 11.0 Å². The molecular weight excluding hydrogens is 249 g/mol. The molecule has 0 amide bonds. The summed E-state index contributed by atoms with van der Waals surface area (Å²) in [6.45, 7) is 4.66. The first-order valence-corrected chi connectivity index (χ1v) is 6.60. The van der Waals surface area contributed by atoms with E-state index in [1.54, 1.807) is 12.1 Å². The fourth-order valence-electron chi connectivity index (χ4n) is 1.95. The van der Waals surface area contributed by atoms with Crippen molar-refractivity contribution in [1.82, 2.24) is 0 Å². The minimum absolute atomic E-state index is 0.210. The molecule has 1 aromatic carbocycles. The second kappa shape index (κ2) is 8.09. The molecule has 2 rings (SSSR count). The van der Waals surface area contributed by atoms with Gasteiger partial charge in [-0.25, -0.2) is 4.39 Å². The van der Waals surface area contributed by atoms with E-state index in [-0.39, 0.29) is 5.82 Å². The van der Waals surface area contributed by atoms with Crippen LogP contribution < -0.4 is 4.90 Å². The second-order valence-electron chi connectivity index (χ2n) is 4.28. The van der Waals surface area contributed by atoms with Crippen LogP contribution in [-0.2, 0) is 14.2 Å². The Hall–Kier alpha value is -1.17. The summed E-state index contributed by atoms with van der Waals surface area (Å²) >= 11 is 0. The van der Waals surface area contributed by atoms with E-state index in [4.69, 9.17) is 14.2 Å². The van der Waals surface area contributed by atoms with E-state index in [9.17, 15) is 4.39 Å². The molecule has 5 heteroatoms. The van der Waals surface area contributed by atoms with Crippen LogP contribution >= 0.6 is 0 Å². The standard InChI is InChI=1S/C14H20FNO3/c15-13-3-1-2-4-14(13)16-5-7-17-9-11-19-12-10-18-8-6-16/h1-4H,5-12H2. The van der Waals surface area contributed by atoms with E-state index in [1.165, 1.54) is 6.07 Å². The van der Waals surface area contributed by atoms with Crippen LogP contribution in [0.15, 0.2) is 24.3 Å². The number of hydrogen-bond donors (Lipinski definition) is 0. The van der Waals surface area contributed by atoms with Gasteiger partial charge in [0, 0.05) is 13.1 Å². The average molecular weight is 269 g/mol. The van der Waals surface area contributed by atoms with Crippen LogP contribution in [-0.4, -0.2) is 52.7 Å². The largest absolute Gasteiger partial charge is 0.377 e. The highest BCUT2D eigenvalue weighted by atomic mass is 19.1. The summed E-state index contributed by atoms with van der Waals surface area (Å²) in [4.78, 5) is 1.96. The first kappa shape index (κ1) is 14.2. The number of para-hydroxylation sites is 1. The number of halogens is 1. The molecular formula is C14H20FNO3. The molecule has 0 aliphatic carbocycles. The maximum absolute atomic E-state index is 13.8. The smallest absolute Gasteiger partial charge is 0.146 e. The third kappa shape index (κ3) is 4.78. The molecule has 0 radical (unpaired) electrons. The molecule has 0 saturated carbocycles. The van der Waals surface area contributed by atoms with Gasteiger partial charge in [0.2, 0.25) is 0 Å². The zero-order chi connectivity index (χ0) is 13.3. The van der Waals surface area contributed by atoms with Gasteiger partial charge in [0.15, 0.2) is 0 Å². The highest BCUT2D eigenvalue weighted by molar-refractivity contribution is 5.47. The normalized spacial score (nSPS) is 19.5. The summed E-state index contributed by atoms with van der Waals surface area (Å²) in [5.74, 6) is -0.210. The lowest BCUT2D eigenvalue weighted by Crippen LogP contribution is -2.32. The topological polar surface area (TPSA) is 30.9 Å². The molecule has 0 N–H and O–H groups in total. The number of rotatable bonds is 1. The van der Waals surface area contributed by atoms with Gasteiger partial charge in [0.1, 0.15) is 5.82 Å². The third-order valence-electron chi connectivity index (χ3n) is 2.95. The number of ether oxygens (including phenoxy) is 3. The van der Waals surface area contributed by atoms with Crippen molar-refractivity contribution in [3.63, 3.8) is 0 Å². The van der Waals surface area contributed by atoms with Gasteiger partial charge in [-0.15, -0.1) is 0 Å². The van der Waals surface area contributed by atoms with E-state index < -0.39 is 0 Å². The van der Waals surface area contributed by atoms with Crippen molar-refractivity contribution in [3.8, 4) is 0 Å². The Bertz CT molecular complexity index is 363. The fourth-order valence-corrected chi connectivity index (χ4v) is 1.95. The maximum Gasteiger partial charge on any atom is 0.146 e. The Morgan fingerprint density at radius 3 is 1.89 bits per heavy atom. The molecule has 1 aromatic rings. The summed E-state index contributed by atoms with van der Waals surface area (Å²) in [6.07, 6.45) is 0. The van der Waals surface area contributed by atoms with Gasteiger partial charge in [0.25, 0.3) is 0 Å². The van der Waals surface area contributed by atoms with Crippen molar-refractivity contribution < 1.29 is 18.6 Å². The van der Waals surface area contributed by atoms with Gasteiger partial charge >= 0.3 is 0 Å². The van der Waals surface area contributed by atoms with Crippen molar-refractivity contribution in [3.05, 3.63) is 30.1 Å². The van der Waals surface area contributed by atoms with E-state index >= 15 is 0 Å². The van der Waals surface area contributed by atoms with Crippen molar-refractivity contribution >= 4 is 5.69 Å². The van der Waals surface area contributed by atoms with Crippen molar-refractivity contribution in [1.29, 1.82) is 0 Å². The Balaban J connectivity index is 1.97. The van der Waals surface area contributed by atoms with Gasteiger partial charge in [0.05, 0.1) is 45.3 Å². The molecule has 19 heavy (non-hydrogen) atoms. The predicted molar refractivity (Wildman–Crippen MR) is 71.1 cm³/mol. The summed E-state index contributed by atoms with van der Waals surface area (Å²) in [7, 11) is 0. The molecule has 0 aromatic heterocycles. The molecule has 1 aliphatic heterocycles. The van der Waals surface area contributed by atoms with Crippen LogP contribution in [0.4, 0.5) is 10.1 Å². The summed E-state index contributed by atoms with van der Waals surface area (Å²) < 4.78 is 30.0. The number of benzene rings is 1. The van der Waals surface area contributed by atoms with Crippen LogP contribution in [0.25, 0.3) is 0 Å². The molecule has 106 valence electrons. The average Bonchev–Trinajstić information content (AvgIpc) is 2.40. The molecule has 1 fully saturated rings. The van der Waals surface area contributed by atoms with Gasteiger partial charge in [-0.3, -0.25) is 0 Å². The quantitative estimate of drug-likeness (QED) is 0.776. The minimum atomic E-state index is -0.210. The van der Waals surface area contributed by atoms with Crippen molar-refractivity contribution in [2.24, 2.45) is 0 Å². The number of hydrogen-bond acceptors (Lipinski definition) is 4. The fraction of sp³-hybridized carbons (Fsp3) is 0.571. The molecule has 1 heterocycles. The summed E-state index contributed by atoms with van der Waals surface area (Å²) in [5, 5.41) is 0. The maximum atomic E-state index is 13.8. The van der Waals surface area contributed by atoms with Gasteiger partial charge < -0.3 is 19.1 Å². The van der Waals surface area contributed by atoms with Crippen LogP contribution in [0.5, 0.6) is 0 Å². The zero-order valence-electron chi connectivity index (χ0n) is 11.0. The van der Waals surface area contributed by atoms with Crippen LogP contribution in [0.1, 0.15) is 0 Å². The second-order valence-corrected chi connectivity index (χ2v) is 4.28. The number of nitrogens with zero attached hydrogens (tertiary/aromatic N) is 1. The lowest BCUT2D eigenvalue weighted by atomic mass is 10.2. The molecule has 0 unspecified atom stereocenters. The van der Waals surface area contributed by atoms with E-state index in [0.717, 1.165) is 0 Å². The minimum Gasteiger partial charge on any atom is -0.377 e. The highest BCUT2D eigenvalue weighted by Crippen LogP contribution is 2.18. The monoisotopic (exact) mass is 269 g/mol. The van der Waals surface area contributed by atoms with Gasteiger partial charge in [-0.05, 0) is 12.1 Å².